The van der Waals surface area contributed by atoms with E-state index in [-0.39, 0.29) is 11.4 Å². The second-order valence-corrected chi connectivity index (χ2v) is 6.34. The summed E-state index contributed by atoms with van der Waals surface area (Å²) in [5.41, 5.74) is 10.5. The van der Waals surface area contributed by atoms with Crippen LogP contribution in [-0.2, 0) is 16.7 Å². The molecule has 0 radical (unpaired) electrons. The number of esters is 1. The molecule has 1 aromatic heterocycles. The van der Waals surface area contributed by atoms with Gasteiger partial charge in [0.15, 0.2) is 0 Å². The number of para-hydroxylation sites is 1. The van der Waals surface area contributed by atoms with Crippen LogP contribution >= 0.6 is 0 Å². The van der Waals surface area contributed by atoms with Crippen LogP contribution < -0.4 is 5.73 Å². The number of methoxy groups -OCH3 is 1. The van der Waals surface area contributed by atoms with Crippen LogP contribution in [-0.4, -0.2) is 17.6 Å². The van der Waals surface area contributed by atoms with E-state index in [4.69, 9.17) is 10.5 Å². The Labute approximate surface area is 142 Å². The lowest BCUT2D eigenvalue weighted by Gasteiger charge is -2.37. The third kappa shape index (κ3) is 2.33. The maximum atomic E-state index is 12.3. The van der Waals surface area contributed by atoms with Gasteiger partial charge in [-0.05, 0) is 31.4 Å². The van der Waals surface area contributed by atoms with Crippen molar-refractivity contribution in [3.63, 3.8) is 0 Å². The molecule has 2 N–H and O–H groups in total. The van der Waals surface area contributed by atoms with Crippen LogP contribution in [0.3, 0.4) is 0 Å². The summed E-state index contributed by atoms with van der Waals surface area (Å²) in [4.78, 5) is 12.3. The van der Waals surface area contributed by atoms with Gasteiger partial charge < -0.3 is 15.0 Å². The van der Waals surface area contributed by atoms with Crippen LogP contribution in [0.15, 0.2) is 43.0 Å². The number of ether oxygens (including phenoxy) is 1. The third-order valence-corrected chi connectivity index (χ3v) is 5.24. The lowest BCUT2D eigenvalue weighted by atomic mass is 9.73. The fourth-order valence-electron chi connectivity index (χ4n) is 3.90. The molecule has 2 heterocycles. The number of nitrogens with two attached hydrogens (primary N) is 1. The van der Waals surface area contributed by atoms with Gasteiger partial charge in [0.2, 0.25) is 0 Å². The molecule has 0 saturated heterocycles. The molecule has 0 amide bonds. The summed E-state index contributed by atoms with van der Waals surface area (Å²) in [6.45, 7) is 7.07. The maximum Gasteiger partial charge on any atom is 0.354 e. The first-order chi connectivity index (χ1) is 11.6. The van der Waals surface area contributed by atoms with Crippen LogP contribution in [0, 0.1) is 0 Å². The van der Waals surface area contributed by atoms with E-state index in [2.05, 4.69) is 18.1 Å². The Hall–Kier alpha value is -2.49. The van der Waals surface area contributed by atoms with Gasteiger partial charge in [-0.2, -0.15) is 0 Å². The quantitative estimate of drug-likeness (QED) is 0.522. The van der Waals surface area contributed by atoms with Crippen LogP contribution in [0.4, 0.5) is 5.69 Å². The molecule has 3 rings (SSSR count). The summed E-state index contributed by atoms with van der Waals surface area (Å²) in [6.07, 6.45) is 5.00. The van der Waals surface area contributed by atoms with Gasteiger partial charge in [-0.3, -0.25) is 0 Å². The summed E-state index contributed by atoms with van der Waals surface area (Å²) < 4.78 is 7.10. The monoisotopic (exact) mass is 324 g/mol. The molecule has 4 nitrogen and oxygen atoms in total. The highest BCUT2D eigenvalue weighted by Gasteiger charge is 2.38. The van der Waals surface area contributed by atoms with Crippen molar-refractivity contribution >= 4 is 11.7 Å². The molecule has 126 valence electrons. The summed E-state index contributed by atoms with van der Waals surface area (Å²) >= 11 is 0. The summed E-state index contributed by atoms with van der Waals surface area (Å²) in [7, 11) is 1.42. The number of carbonyl (C=O) groups excluding carboxylic acids is 1. The standard InChI is InChI=1S/C20H24N2O2/c1-4-20(5-2)11-8-12-22-17(19(23)24-3)13-15(18(20)22)14-9-6-7-10-16(14)21/h4,6-7,9-10,13H,1,5,8,11-12,21H2,2-3H3/t20-/m0/s1. The molecule has 1 aliphatic heterocycles. The summed E-state index contributed by atoms with van der Waals surface area (Å²) in [5.74, 6) is -0.312. The average molecular weight is 324 g/mol. The van der Waals surface area contributed by atoms with Crippen LogP contribution in [0.5, 0.6) is 0 Å². The molecule has 0 spiro atoms. The molecule has 0 unspecified atom stereocenters. The molecule has 24 heavy (non-hydrogen) atoms. The SMILES string of the molecule is C=C[C@]1(CC)CCCn2c(C(=O)OC)cc(-c3ccccc3N)c21. The van der Waals surface area contributed by atoms with E-state index < -0.39 is 0 Å². The van der Waals surface area contributed by atoms with Crippen molar-refractivity contribution in [1.29, 1.82) is 0 Å². The van der Waals surface area contributed by atoms with Gasteiger partial charge in [0.1, 0.15) is 5.69 Å². The fourth-order valence-corrected chi connectivity index (χ4v) is 3.90. The Kier molecular flexibility index (Phi) is 4.22. The fraction of sp³-hybridized carbons (Fsp3) is 0.350. The van der Waals surface area contributed by atoms with E-state index in [1.807, 2.05) is 36.4 Å². The first-order valence-electron chi connectivity index (χ1n) is 8.38. The number of rotatable bonds is 4. The molecule has 4 heteroatoms. The Morgan fingerprint density at radius 2 is 2.17 bits per heavy atom. The highest BCUT2D eigenvalue weighted by molar-refractivity contribution is 5.92. The molecule has 1 atom stereocenters. The highest BCUT2D eigenvalue weighted by Crippen LogP contribution is 2.46. The average Bonchev–Trinajstić information content (AvgIpc) is 3.01. The van der Waals surface area contributed by atoms with Crippen LogP contribution in [0.1, 0.15) is 42.4 Å². The maximum absolute atomic E-state index is 12.3. The first kappa shape index (κ1) is 16.4. The van der Waals surface area contributed by atoms with E-state index in [9.17, 15) is 4.79 Å². The van der Waals surface area contributed by atoms with Crippen molar-refractivity contribution in [2.45, 2.75) is 38.1 Å². The van der Waals surface area contributed by atoms with E-state index in [1.54, 1.807) is 0 Å². The molecule has 0 fully saturated rings. The number of benzene rings is 1. The van der Waals surface area contributed by atoms with Gasteiger partial charge in [-0.1, -0.05) is 31.2 Å². The zero-order valence-electron chi connectivity index (χ0n) is 14.3. The van der Waals surface area contributed by atoms with Crippen molar-refractivity contribution in [2.24, 2.45) is 0 Å². The predicted molar refractivity (Wildman–Crippen MR) is 97.0 cm³/mol. The van der Waals surface area contributed by atoms with Gasteiger partial charge in [0.05, 0.1) is 7.11 Å². The first-order valence-corrected chi connectivity index (χ1v) is 8.38. The lowest BCUT2D eigenvalue weighted by molar-refractivity contribution is 0.0586. The topological polar surface area (TPSA) is 57.2 Å². The predicted octanol–water partition coefficient (Wildman–Crippen LogP) is 4.15. The number of anilines is 1. The van der Waals surface area contributed by atoms with E-state index in [0.29, 0.717) is 11.4 Å². The largest absolute Gasteiger partial charge is 0.464 e. The van der Waals surface area contributed by atoms with Gasteiger partial charge in [0.25, 0.3) is 0 Å². The van der Waals surface area contributed by atoms with E-state index in [1.165, 1.54) is 7.11 Å². The second kappa shape index (κ2) is 6.19. The molecule has 2 aromatic rings. The Balaban J connectivity index is 2.34. The van der Waals surface area contributed by atoms with Crippen molar-refractivity contribution in [2.75, 3.05) is 12.8 Å². The normalized spacial score (nSPS) is 19.6. The highest BCUT2D eigenvalue weighted by atomic mass is 16.5. The molecular formula is C20H24N2O2. The van der Waals surface area contributed by atoms with Gasteiger partial charge in [-0.15, -0.1) is 6.58 Å². The van der Waals surface area contributed by atoms with Crippen molar-refractivity contribution < 1.29 is 9.53 Å². The minimum atomic E-state index is -0.312. The summed E-state index contributed by atoms with van der Waals surface area (Å²) in [6, 6.07) is 9.71. The molecule has 0 aliphatic carbocycles. The van der Waals surface area contributed by atoms with E-state index >= 15 is 0 Å². The number of fused-ring (bicyclic) bond motifs is 1. The molecule has 0 bridgehead atoms. The third-order valence-electron chi connectivity index (χ3n) is 5.24. The Morgan fingerprint density at radius 3 is 2.79 bits per heavy atom. The minimum absolute atomic E-state index is 0.151. The number of nitrogen functional groups attached to an aromatic ring is 1. The Bertz CT molecular complexity index is 791. The van der Waals surface area contributed by atoms with Crippen LogP contribution in [0.2, 0.25) is 0 Å². The number of hydrogen-bond acceptors (Lipinski definition) is 3. The molecule has 1 aliphatic rings. The Morgan fingerprint density at radius 1 is 1.42 bits per heavy atom. The molecule has 1 aromatic carbocycles. The van der Waals surface area contributed by atoms with E-state index in [0.717, 1.165) is 42.6 Å². The second-order valence-electron chi connectivity index (χ2n) is 6.34. The number of allylic oxidation sites excluding steroid dienone is 1. The minimum Gasteiger partial charge on any atom is -0.464 e. The van der Waals surface area contributed by atoms with Crippen LogP contribution in [0.25, 0.3) is 11.1 Å². The smallest absolute Gasteiger partial charge is 0.354 e. The van der Waals surface area contributed by atoms with Gasteiger partial charge in [0, 0.05) is 34.5 Å². The zero-order chi connectivity index (χ0) is 17.3. The number of carbonyl (C=O) groups is 1. The molecular weight excluding hydrogens is 300 g/mol. The van der Waals surface area contributed by atoms with Gasteiger partial charge in [-0.25, -0.2) is 4.79 Å². The summed E-state index contributed by atoms with van der Waals surface area (Å²) in [5, 5.41) is 0. The number of aromatic nitrogens is 1. The van der Waals surface area contributed by atoms with Crippen molar-refractivity contribution in [3.05, 3.63) is 54.4 Å². The van der Waals surface area contributed by atoms with Crippen molar-refractivity contribution in [3.8, 4) is 11.1 Å². The number of hydrogen-bond donors (Lipinski definition) is 1. The molecule has 0 saturated carbocycles. The van der Waals surface area contributed by atoms with Crippen molar-refractivity contribution in [1.82, 2.24) is 4.57 Å². The number of nitrogens with zero attached hydrogens (tertiary/aromatic N) is 1. The van der Waals surface area contributed by atoms with Gasteiger partial charge >= 0.3 is 5.97 Å². The zero-order valence-corrected chi connectivity index (χ0v) is 14.3. The lowest BCUT2D eigenvalue weighted by Crippen LogP contribution is -2.32.